The fraction of sp³-hybridized carbons (Fsp3) is 0.520. The van der Waals surface area contributed by atoms with Crippen molar-refractivity contribution in [2.75, 3.05) is 31.2 Å². The lowest BCUT2D eigenvalue weighted by molar-refractivity contribution is -0.160. The Kier molecular flexibility index (Phi) is 3.96. The molecule has 32 heavy (non-hydrogen) atoms. The molecule has 0 radical (unpaired) electrons. The van der Waals surface area contributed by atoms with Gasteiger partial charge in [0, 0.05) is 55.4 Å². The maximum Gasteiger partial charge on any atom is 0.341 e. The molecular weight excluding hydrogens is 408 g/mol. The summed E-state index contributed by atoms with van der Waals surface area (Å²) < 4.78 is 14.0. The fourth-order valence-corrected chi connectivity index (χ4v) is 5.78. The van der Waals surface area contributed by atoms with Crippen molar-refractivity contribution in [3.8, 4) is 17.0 Å². The molecule has 1 aromatic heterocycles. The highest BCUT2D eigenvalue weighted by molar-refractivity contribution is 5.88. The number of benzene rings is 1. The maximum atomic E-state index is 12.7. The van der Waals surface area contributed by atoms with Crippen molar-refractivity contribution in [1.82, 2.24) is 4.57 Å². The number of aromatic carboxylic acids is 1. The van der Waals surface area contributed by atoms with Crippen LogP contribution < -0.4 is 15.1 Å². The number of fused-ring (bicyclic) bond motifs is 5. The number of nitrogens with zero attached hydrogens (tertiary/aromatic N) is 2. The van der Waals surface area contributed by atoms with Gasteiger partial charge in [0.05, 0.1) is 24.6 Å². The van der Waals surface area contributed by atoms with Gasteiger partial charge in [-0.2, -0.15) is 0 Å². The molecule has 0 bridgehead atoms. The number of anilines is 1. The zero-order chi connectivity index (χ0) is 22.4. The molecule has 1 aromatic carbocycles. The van der Waals surface area contributed by atoms with Gasteiger partial charge in [-0.05, 0) is 23.5 Å². The number of hydrogen-bond acceptors (Lipinski definition) is 5. The van der Waals surface area contributed by atoms with E-state index in [1.54, 1.807) is 6.20 Å². The normalized spacial score (nSPS) is 22.3. The van der Waals surface area contributed by atoms with E-state index in [-0.39, 0.29) is 22.6 Å². The van der Waals surface area contributed by atoms with Crippen LogP contribution in [0.5, 0.6) is 5.75 Å². The lowest BCUT2D eigenvalue weighted by atomic mass is 9.77. The van der Waals surface area contributed by atoms with Crippen molar-refractivity contribution in [2.24, 2.45) is 5.41 Å². The van der Waals surface area contributed by atoms with Crippen molar-refractivity contribution >= 4 is 11.7 Å². The highest BCUT2D eigenvalue weighted by Crippen LogP contribution is 2.51. The molecule has 1 spiro atoms. The summed E-state index contributed by atoms with van der Waals surface area (Å²) in [4.78, 5) is 26.7. The first-order valence-corrected chi connectivity index (χ1v) is 11.4. The summed E-state index contributed by atoms with van der Waals surface area (Å²) in [6.45, 7) is 9.70. The number of pyridine rings is 1. The van der Waals surface area contributed by atoms with Crippen LogP contribution in [0.4, 0.5) is 5.69 Å². The van der Waals surface area contributed by atoms with Crippen molar-refractivity contribution in [3.05, 3.63) is 45.2 Å². The molecule has 2 fully saturated rings. The average Bonchev–Trinajstić information content (AvgIpc) is 3.14. The Labute approximate surface area is 186 Å². The SMILES string of the molecule is CC(C)(C)[C@@H]1Cc2c(cc(N3CC4(CCO4)C3)c3c2CCO3)-c2cc(=O)c(C(=O)O)cn21. The Balaban J connectivity index is 1.55. The lowest BCUT2D eigenvalue weighted by Crippen LogP contribution is -2.68. The number of aromatic nitrogens is 1. The third-order valence-electron chi connectivity index (χ3n) is 7.66. The van der Waals surface area contributed by atoms with Crippen molar-refractivity contribution in [1.29, 1.82) is 0 Å². The van der Waals surface area contributed by atoms with Gasteiger partial charge in [-0.1, -0.05) is 20.8 Å². The van der Waals surface area contributed by atoms with Crippen LogP contribution in [0.2, 0.25) is 0 Å². The second-order valence-corrected chi connectivity index (χ2v) is 10.7. The molecule has 4 aliphatic rings. The van der Waals surface area contributed by atoms with E-state index < -0.39 is 11.4 Å². The minimum absolute atomic E-state index is 0.00392. The minimum Gasteiger partial charge on any atom is -0.491 e. The molecule has 7 nitrogen and oxygen atoms in total. The van der Waals surface area contributed by atoms with Gasteiger partial charge in [0.1, 0.15) is 16.9 Å². The maximum absolute atomic E-state index is 12.7. The summed E-state index contributed by atoms with van der Waals surface area (Å²) in [6, 6.07) is 3.70. The molecule has 0 aliphatic carbocycles. The summed E-state index contributed by atoms with van der Waals surface area (Å²) in [7, 11) is 0. The predicted octanol–water partition coefficient (Wildman–Crippen LogP) is 3.27. The molecule has 2 saturated heterocycles. The molecule has 2 aromatic rings. The number of rotatable bonds is 2. The minimum atomic E-state index is -1.18. The zero-order valence-corrected chi connectivity index (χ0v) is 18.7. The van der Waals surface area contributed by atoms with Crippen LogP contribution in [0.15, 0.2) is 23.1 Å². The average molecular weight is 437 g/mol. The van der Waals surface area contributed by atoms with E-state index in [4.69, 9.17) is 9.47 Å². The van der Waals surface area contributed by atoms with Crippen molar-refractivity contribution in [3.63, 3.8) is 0 Å². The van der Waals surface area contributed by atoms with Gasteiger partial charge < -0.3 is 24.0 Å². The number of carboxylic acid groups (broad SMARTS) is 1. The Morgan fingerprint density at radius 1 is 1.19 bits per heavy atom. The van der Waals surface area contributed by atoms with Crippen LogP contribution in [0.1, 0.15) is 54.7 Å². The van der Waals surface area contributed by atoms with Crippen LogP contribution in [0.3, 0.4) is 0 Å². The van der Waals surface area contributed by atoms with Gasteiger partial charge in [-0.15, -0.1) is 0 Å². The largest absolute Gasteiger partial charge is 0.491 e. The van der Waals surface area contributed by atoms with Crippen LogP contribution in [0.25, 0.3) is 11.3 Å². The van der Waals surface area contributed by atoms with E-state index in [1.165, 1.54) is 17.2 Å². The first kappa shape index (κ1) is 19.9. The van der Waals surface area contributed by atoms with Gasteiger partial charge in [0.15, 0.2) is 5.43 Å². The monoisotopic (exact) mass is 436 g/mol. The van der Waals surface area contributed by atoms with E-state index in [0.717, 1.165) is 61.7 Å². The van der Waals surface area contributed by atoms with Crippen LogP contribution in [0, 0.1) is 5.41 Å². The molecule has 0 amide bonds. The van der Waals surface area contributed by atoms with E-state index in [9.17, 15) is 14.7 Å². The van der Waals surface area contributed by atoms with Gasteiger partial charge >= 0.3 is 5.97 Å². The van der Waals surface area contributed by atoms with Crippen molar-refractivity contribution in [2.45, 2.75) is 51.7 Å². The Hall–Kier alpha value is -2.80. The second-order valence-electron chi connectivity index (χ2n) is 10.7. The van der Waals surface area contributed by atoms with E-state index in [1.807, 2.05) is 4.57 Å². The summed E-state index contributed by atoms with van der Waals surface area (Å²) in [6.07, 6.45) is 4.28. The summed E-state index contributed by atoms with van der Waals surface area (Å²) in [5, 5.41) is 9.56. The van der Waals surface area contributed by atoms with Crippen molar-refractivity contribution < 1.29 is 19.4 Å². The van der Waals surface area contributed by atoms with Gasteiger partial charge in [-0.3, -0.25) is 4.79 Å². The molecule has 1 atom stereocenters. The molecule has 0 saturated carbocycles. The van der Waals surface area contributed by atoms with Crippen LogP contribution in [-0.2, 0) is 17.6 Å². The summed E-state index contributed by atoms with van der Waals surface area (Å²) in [5.74, 6) is -0.207. The Morgan fingerprint density at radius 2 is 1.94 bits per heavy atom. The third-order valence-corrected chi connectivity index (χ3v) is 7.66. The number of carbonyl (C=O) groups is 1. The lowest BCUT2D eigenvalue weighted by Gasteiger charge is -2.56. The molecule has 4 aliphatic heterocycles. The first-order valence-electron chi connectivity index (χ1n) is 11.4. The standard InChI is InChI=1S/C25H28N2O5/c1-24(2,3)21-9-15-14-4-6-31-22(14)19(26-12-25(13-26)5-7-32-25)8-16(15)18-10-20(28)17(23(29)30)11-27(18)21/h8,10-11,21H,4-7,9,12-13H2,1-3H3,(H,29,30)/t21-/m0/s1. The quantitative estimate of drug-likeness (QED) is 0.778. The molecule has 6 rings (SSSR count). The summed E-state index contributed by atoms with van der Waals surface area (Å²) >= 11 is 0. The highest BCUT2D eigenvalue weighted by atomic mass is 16.5. The third kappa shape index (κ3) is 2.70. The molecule has 7 heteroatoms. The molecule has 168 valence electrons. The predicted molar refractivity (Wildman–Crippen MR) is 120 cm³/mol. The topological polar surface area (TPSA) is 81.0 Å². The Bertz CT molecular complexity index is 1210. The molecule has 0 unspecified atom stereocenters. The molecule has 5 heterocycles. The summed E-state index contributed by atoms with van der Waals surface area (Å²) in [5.41, 5.74) is 4.62. The van der Waals surface area contributed by atoms with E-state index in [2.05, 4.69) is 31.7 Å². The van der Waals surface area contributed by atoms with Crippen LogP contribution >= 0.6 is 0 Å². The molecular formula is C25H28N2O5. The number of carboxylic acids is 1. The van der Waals surface area contributed by atoms with Gasteiger partial charge in [0.25, 0.3) is 0 Å². The zero-order valence-electron chi connectivity index (χ0n) is 18.7. The second kappa shape index (κ2) is 6.38. The first-order chi connectivity index (χ1) is 15.2. The smallest absolute Gasteiger partial charge is 0.341 e. The fourth-order valence-electron chi connectivity index (χ4n) is 5.78. The van der Waals surface area contributed by atoms with Crippen LogP contribution in [-0.4, -0.2) is 47.5 Å². The Morgan fingerprint density at radius 3 is 2.56 bits per heavy atom. The number of hydrogen-bond donors (Lipinski definition) is 1. The highest BCUT2D eigenvalue weighted by Gasteiger charge is 2.50. The van der Waals surface area contributed by atoms with E-state index >= 15 is 0 Å². The van der Waals surface area contributed by atoms with Gasteiger partial charge in [0.2, 0.25) is 0 Å². The van der Waals surface area contributed by atoms with E-state index in [0.29, 0.717) is 6.61 Å². The molecule has 1 N–H and O–H groups in total. The number of ether oxygens (including phenoxy) is 2. The van der Waals surface area contributed by atoms with Gasteiger partial charge in [-0.25, -0.2) is 4.79 Å².